The van der Waals surface area contributed by atoms with Crippen molar-refractivity contribution in [2.45, 2.75) is 13.3 Å². The summed E-state index contributed by atoms with van der Waals surface area (Å²) < 4.78 is 10.6. The minimum absolute atomic E-state index is 0.0117. The van der Waals surface area contributed by atoms with Gasteiger partial charge in [0, 0.05) is 32.7 Å². The number of ether oxygens (including phenoxy) is 2. The highest BCUT2D eigenvalue weighted by Gasteiger charge is 2.22. The number of pyridine rings is 1. The van der Waals surface area contributed by atoms with Gasteiger partial charge in [-0.15, -0.1) is 0 Å². The molecule has 1 N–H and O–H groups in total. The molecule has 0 spiro atoms. The molecule has 0 atom stereocenters. The first-order valence-corrected chi connectivity index (χ1v) is 10.1. The molecular formula is C22H30N4O3. The van der Waals surface area contributed by atoms with Crippen molar-refractivity contribution in [3.63, 3.8) is 0 Å². The van der Waals surface area contributed by atoms with Crippen molar-refractivity contribution in [3.8, 4) is 11.5 Å². The van der Waals surface area contributed by atoms with Crippen LogP contribution in [0.1, 0.15) is 23.0 Å². The van der Waals surface area contributed by atoms with Crippen molar-refractivity contribution in [1.29, 1.82) is 0 Å². The molecular weight excluding hydrogens is 368 g/mol. The maximum Gasteiger partial charge on any atom is 0.272 e. The molecule has 0 saturated carbocycles. The number of carbonyl (C=O) groups excluding carboxylic acids is 1. The Balaban J connectivity index is 1.50. The summed E-state index contributed by atoms with van der Waals surface area (Å²) >= 11 is 0. The monoisotopic (exact) mass is 398 g/mol. The molecule has 2 heterocycles. The van der Waals surface area contributed by atoms with Crippen LogP contribution in [0.15, 0.2) is 36.5 Å². The SMILES string of the molecule is CCN1CCN(C(=O)c2ccc(NCCc3ccc(OC)c(OC)c3)cn2)CC1. The number of nitrogens with one attached hydrogen (secondary N) is 1. The molecule has 2 aromatic rings. The Hall–Kier alpha value is -2.80. The van der Waals surface area contributed by atoms with E-state index in [9.17, 15) is 4.79 Å². The molecule has 0 bridgehead atoms. The molecule has 1 aromatic carbocycles. The third-order valence-electron chi connectivity index (χ3n) is 5.28. The highest BCUT2D eigenvalue weighted by atomic mass is 16.5. The Morgan fingerprint density at radius 2 is 1.83 bits per heavy atom. The molecule has 7 nitrogen and oxygen atoms in total. The highest BCUT2D eigenvalue weighted by Crippen LogP contribution is 2.27. The summed E-state index contributed by atoms with van der Waals surface area (Å²) in [5.41, 5.74) is 2.55. The molecule has 1 aliphatic rings. The molecule has 1 fully saturated rings. The van der Waals surface area contributed by atoms with Gasteiger partial charge >= 0.3 is 0 Å². The van der Waals surface area contributed by atoms with Crippen LogP contribution in [0.5, 0.6) is 11.5 Å². The second kappa shape index (κ2) is 10.1. The first kappa shape index (κ1) is 20.9. The van der Waals surface area contributed by atoms with Crippen molar-refractivity contribution in [1.82, 2.24) is 14.8 Å². The van der Waals surface area contributed by atoms with Crippen molar-refractivity contribution in [3.05, 3.63) is 47.8 Å². The van der Waals surface area contributed by atoms with Crippen molar-refractivity contribution < 1.29 is 14.3 Å². The number of rotatable bonds is 8. The lowest BCUT2D eigenvalue weighted by Gasteiger charge is -2.33. The first-order valence-electron chi connectivity index (χ1n) is 10.1. The van der Waals surface area contributed by atoms with Gasteiger partial charge in [0.15, 0.2) is 11.5 Å². The number of nitrogens with zero attached hydrogens (tertiary/aromatic N) is 3. The van der Waals surface area contributed by atoms with Crippen molar-refractivity contribution in [2.24, 2.45) is 0 Å². The van der Waals surface area contributed by atoms with E-state index in [1.807, 2.05) is 29.2 Å². The van der Waals surface area contributed by atoms with E-state index in [2.05, 4.69) is 22.1 Å². The van der Waals surface area contributed by atoms with E-state index >= 15 is 0 Å². The Labute approximate surface area is 172 Å². The van der Waals surface area contributed by atoms with Gasteiger partial charge in [0.1, 0.15) is 5.69 Å². The highest BCUT2D eigenvalue weighted by molar-refractivity contribution is 5.92. The number of aromatic nitrogens is 1. The number of likely N-dealkylation sites (N-methyl/N-ethyl adjacent to an activating group) is 1. The molecule has 1 aliphatic heterocycles. The van der Waals surface area contributed by atoms with Crippen molar-refractivity contribution in [2.75, 3.05) is 58.8 Å². The average Bonchev–Trinajstić information content (AvgIpc) is 2.79. The number of benzene rings is 1. The van der Waals surface area contributed by atoms with Crippen LogP contribution in [0, 0.1) is 0 Å². The van der Waals surface area contributed by atoms with Gasteiger partial charge in [-0.25, -0.2) is 4.98 Å². The standard InChI is InChI=1S/C22H30N4O3/c1-4-25-11-13-26(14-12-25)22(27)19-7-6-18(16-24-19)23-10-9-17-5-8-20(28-2)21(15-17)29-3/h5-8,15-16,23H,4,9-14H2,1-3H3. The normalized spacial score (nSPS) is 14.5. The van der Waals surface area contributed by atoms with Gasteiger partial charge < -0.3 is 24.6 Å². The molecule has 0 unspecified atom stereocenters. The summed E-state index contributed by atoms with van der Waals surface area (Å²) in [6.45, 7) is 7.32. The van der Waals surface area contributed by atoms with Gasteiger partial charge in [0.25, 0.3) is 5.91 Å². The number of amides is 1. The fraction of sp³-hybridized carbons (Fsp3) is 0.455. The zero-order chi connectivity index (χ0) is 20.6. The zero-order valence-corrected chi connectivity index (χ0v) is 17.5. The minimum Gasteiger partial charge on any atom is -0.493 e. The maximum absolute atomic E-state index is 12.6. The Bertz CT molecular complexity index is 802. The summed E-state index contributed by atoms with van der Waals surface area (Å²) in [4.78, 5) is 21.2. The number of anilines is 1. The predicted octanol–water partition coefficient (Wildman–Crippen LogP) is 2.53. The lowest BCUT2D eigenvalue weighted by Crippen LogP contribution is -2.48. The van der Waals surface area contributed by atoms with Gasteiger partial charge in [-0.3, -0.25) is 4.79 Å². The molecule has 1 saturated heterocycles. The maximum atomic E-state index is 12.6. The van der Waals surface area contributed by atoms with Crippen LogP contribution < -0.4 is 14.8 Å². The predicted molar refractivity (Wildman–Crippen MR) is 114 cm³/mol. The van der Waals surface area contributed by atoms with Crippen LogP contribution in [-0.4, -0.2) is 74.2 Å². The zero-order valence-electron chi connectivity index (χ0n) is 17.5. The lowest BCUT2D eigenvalue weighted by atomic mass is 10.1. The topological polar surface area (TPSA) is 66.9 Å². The molecule has 7 heteroatoms. The van der Waals surface area contributed by atoms with E-state index in [1.54, 1.807) is 26.5 Å². The average molecular weight is 399 g/mol. The summed E-state index contributed by atoms with van der Waals surface area (Å²) in [6, 6.07) is 9.64. The third kappa shape index (κ3) is 5.38. The van der Waals surface area contributed by atoms with Crippen LogP contribution in [0.3, 0.4) is 0 Å². The van der Waals surface area contributed by atoms with Gasteiger partial charge in [0.2, 0.25) is 0 Å². The van der Waals surface area contributed by atoms with Crippen LogP contribution >= 0.6 is 0 Å². The molecule has 156 valence electrons. The fourth-order valence-electron chi connectivity index (χ4n) is 3.44. The van der Waals surface area contributed by atoms with Crippen LogP contribution in [0.4, 0.5) is 5.69 Å². The van der Waals surface area contributed by atoms with E-state index in [-0.39, 0.29) is 5.91 Å². The molecule has 1 amide bonds. The number of methoxy groups -OCH3 is 2. The van der Waals surface area contributed by atoms with Crippen molar-refractivity contribution >= 4 is 11.6 Å². The summed E-state index contributed by atoms with van der Waals surface area (Å²) in [6.07, 6.45) is 2.56. The van der Waals surface area contributed by atoms with E-state index in [0.29, 0.717) is 5.69 Å². The van der Waals surface area contributed by atoms with Gasteiger partial charge in [-0.05, 0) is 42.8 Å². The molecule has 3 rings (SSSR count). The Morgan fingerprint density at radius 1 is 1.07 bits per heavy atom. The van der Waals surface area contributed by atoms with Crippen LogP contribution in [-0.2, 0) is 6.42 Å². The minimum atomic E-state index is 0.0117. The Kier molecular flexibility index (Phi) is 7.30. The smallest absolute Gasteiger partial charge is 0.272 e. The largest absolute Gasteiger partial charge is 0.493 e. The van der Waals surface area contributed by atoms with Gasteiger partial charge in [-0.2, -0.15) is 0 Å². The third-order valence-corrected chi connectivity index (χ3v) is 5.28. The quantitative estimate of drug-likeness (QED) is 0.737. The molecule has 0 aliphatic carbocycles. The van der Waals surface area contributed by atoms with E-state index < -0.39 is 0 Å². The van der Waals surface area contributed by atoms with E-state index in [0.717, 1.165) is 68.4 Å². The molecule has 29 heavy (non-hydrogen) atoms. The number of carbonyl (C=O) groups is 1. The number of piperazine rings is 1. The van der Waals surface area contributed by atoms with E-state index in [1.165, 1.54) is 0 Å². The second-order valence-corrected chi connectivity index (χ2v) is 7.02. The number of hydrogen-bond donors (Lipinski definition) is 1. The first-order chi connectivity index (χ1) is 14.1. The molecule has 1 aromatic heterocycles. The number of hydrogen-bond acceptors (Lipinski definition) is 6. The van der Waals surface area contributed by atoms with E-state index in [4.69, 9.17) is 9.47 Å². The Morgan fingerprint density at radius 3 is 2.45 bits per heavy atom. The second-order valence-electron chi connectivity index (χ2n) is 7.02. The lowest BCUT2D eigenvalue weighted by molar-refractivity contribution is 0.0637. The van der Waals surface area contributed by atoms with Crippen LogP contribution in [0.2, 0.25) is 0 Å². The summed E-state index contributed by atoms with van der Waals surface area (Å²) in [5, 5.41) is 3.35. The van der Waals surface area contributed by atoms with Gasteiger partial charge in [0.05, 0.1) is 26.1 Å². The molecule has 0 radical (unpaired) electrons. The summed E-state index contributed by atoms with van der Waals surface area (Å²) in [7, 11) is 3.27. The van der Waals surface area contributed by atoms with Gasteiger partial charge in [-0.1, -0.05) is 13.0 Å². The summed E-state index contributed by atoms with van der Waals surface area (Å²) in [5.74, 6) is 1.47. The fourth-order valence-corrected chi connectivity index (χ4v) is 3.44. The van der Waals surface area contributed by atoms with Crippen LogP contribution in [0.25, 0.3) is 0 Å².